The number of halogens is 1. The average Bonchev–Trinajstić information content (AvgIpc) is 2.87. The van der Waals surface area contributed by atoms with Crippen molar-refractivity contribution in [1.82, 2.24) is 4.90 Å². The van der Waals surface area contributed by atoms with Crippen molar-refractivity contribution in [3.8, 4) is 11.5 Å². The van der Waals surface area contributed by atoms with E-state index in [0.717, 1.165) is 36.8 Å². The van der Waals surface area contributed by atoms with Crippen LogP contribution in [0, 0.1) is 5.82 Å². The molecule has 1 aliphatic rings. The number of hydrogen-bond donors (Lipinski definition) is 1. The van der Waals surface area contributed by atoms with Gasteiger partial charge < -0.3 is 19.7 Å². The summed E-state index contributed by atoms with van der Waals surface area (Å²) in [6.45, 7) is 0.852. The van der Waals surface area contributed by atoms with E-state index in [1.807, 2.05) is 53.4 Å². The fourth-order valence-electron chi connectivity index (χ4n) is 4.39. The van der Waals surface area contributed by atoms with Gasteiger partial charge in [0, 0.05) is 18.3 Å². The third-order valence-electron chi connectivity index (χ3n) is 6.17. The lowest BCUT2D eigenvalue weighted by Gasteiger charge is -2.34. The van der Waals surface area contributed by atoms with Gasteiger partial charge in [-0.25, -0.2) is 9.18 Å². The van der Waals surface area contributed by atoms with Crippen LogP contribution in [0.4, 0.5) is 14.9 Å². The first-order chi connectivity index (χ1) is 16.6. The molecule has 0 aliphatic heterocycles. The summed E-state index contributed by atoms with van der Waals surface area (Å²) in [5.41, 5.74) is 2.46. The summed E-state index contributed by atoms with van der Waals surface area (Å²) in [6, 6.07) is 21.6. The Hall–Kier alpha value is -3.54. The van der Waals surface area contributed by atoms with Crippen molar-refractivity contribution in [1.29, 1.82) is 0 Å². The van der Waals surface area contributed by atoms with Crippen molar-refractivity contribution < 1.29 is 18.7 Å². The number of carbonyl (C=O) groups is 1. The van der Waals surface area contributed by atoms with Crippen molar-refractivity contribution in [2.24, 2.45) is 0 Å². The Balaban J connectivity index is 1.53. The number of benzene rings is 3. The van der Waals surface area contributed by atoms with E-state index in [0.29, 0.717) is 30.3 Å². The van der Waals surface area contributed by atoms with Gasteiger partial charge in [-0.05, 0) is 54.3 Å². The number of methoxy groups -OCH3 is 1. The number of nitrogens with zero attached hydrogens (tertiary/aromatic N) is 1. The van der Waals surface area contributed by atoms with Gasteiger partial charge >= 0.3 is 6.03 Å². The number of nitrogens with one attached hydrogen (secondary N) is 1. The van der Waals surface area contributed by atoms with Gasteiger partial charge in [-0.2, -0.15) is 0 Å². The standard InChI is InChI=1S/C28H31FN2O3/c1-33-26-16-15-22(17-27(26)34-20-21-9-4-2-5-10-21)19-31(25-13-6-3-7-14-25)28(32)30-24-12-8-11-23(29)18-24/h2,4-5,8-12,15-18,25H,3,6-7,13-14,19-20H2,1H3,(H,30,32). The Morgan fingerprint density at radius 1 is 0.941 bits per heavy atom. The molecule has 0 atom stereocenters. The minimum atomic E-state index is -0.377. The SMILES string of the molecule is COc1ccc(CN(C(=O)Nc2cccc(F)c2)C2CCCCC2)cc1OCc1ccccc1. The molecule has 34 heavy (non-hydrogen) atoms. The molecule has 1 N–H and O–H groups in total. The molecule has 5 nitrogen and oxygen atoms in total. The smallest absolute Gasteiger partial charge is 0.322 e. The van der Waals surface area contributed by atoms with Gasteiger partial charge in [0.25, 0.3) is 0 Å². The lowest BCUT2D eigenvalue weighted by Crippen LogP contribution is -2.43. The number of ether oxygens (including phenoxy) is 2. The molecule has 4 rings (SSSR count). The van der Waals surface area contributed by atoms with E-state index in [-0.39, 0.29) is 17.9 Å². The zero-order valence-corrected chi connectivity index (χ0v) is 19.5. The second-order valence-electron chi connectivity index (χ2n) is 8.62. The highest BCUT2D eigenvalue weighted by atomic mass is 19.1. The Morgan fingerprint density at radius 2 is 1.74 bits per heavy atom. The van der Waals surface area contributed by atoms with Crippen LogP contribution in [-0.4, -0.2) is 24.1 Å². The van der Waals surface area contributed by atoms with Crippen LogP contribution in [0.1, 0.15) is 43.2 Å². The monoisotopic (exact) mass is 462 g/mol. The van der Waals surface area contributed by atoms with Gasteiger partial charge in [0.15, 0.2) is 11.5 Å². The van der Waals surface area contributed by atoms with Gasteiger partial charge in [0.05, 0.1) is 7.11 Å². The topological polar surface area (TPSA) is 50.8 Å². The van der Waals surface area contributed by atoms with E-state index in [4.69, 9.17) is 9.47 Å². The zero-order chi connectivity index (χ0) is 23.8. The van der Waals surface area contributed by atoms with Gasteiger partial charge in [-0.3, -0.25) is 0 Å². The second kappa shape index (κ2) is 11.5. The molecule has 2 amide bonds. The molecule has 6 heteroatoms. The van der Waals surface area contributed by atoms with Crippen LogP contribution >= 0.6 is 0 Å². The minimum Gasteiger partial charge on any atom is -0.493 e. The van der Waals surface area contributed by atoms with Gasteiger partial charge in [-0.1, -0.05) is 61.7 Å². The highest BCUT2D eigenvalue weighted by Crippen LogP contribution is 2.31. The van der Waals surface area contributed by atoms with E-state index in [2.05, 4.69) is 5.32 Å². The summed E-state index contributed by atoms with van der Waals surface area (Å²) in [7, 11) is 1.62. The van der Waals surface area contributed by atoms with E-state index >= 15 is 0 Å². The molecule has 3 aromatic rings. The summed E-state index contributed by atoms with van der Waals surface area (Å²) in [5, 5.41) is 2.88. The largest absolute Gasteiger partial charge is 0.493 e. The van der Waals surface area contributed by atoms with Gasteiger partial charge in [0.1, 0.15) is 12.4 Å². The summed E-state index contributed by atoms with van der Waals surface area (Å²) in [5.74, 6) is 0.906. The highest BCUT2D eigenvalue weighted by Gasteiger charge is 2.26. The van der Waals surface area contributed by atoms with Crippen molar-refractivity contribution in [3.05, 3.63) is 89.7 Å². The number of anilines is 1. The highest BCUT2D eigenvalue weighted by molar-refractivity contribution is 5.89. The Kier molecular flexibility index (Phi) is 8.02. The van der Waals surface area contributed by atoms with E-state index < -0.39 is 0 Å². The van der Waals surface area contributed by atoms with E-state index in [1.54, 1.807) is 19.2 Å². The number of rotatable bonds is 8. The first kappa shape index (κ1) is 23.6. The van der Waals surface area contributed by atoms with Crippen LogP contribution in [0.25, 0.3) is 0 Å². The number of amides is 2. The fraction of sp³-hybridized carbons (Fsp3) is 0.321. The average molecular weight is 463 g/mol. The lowest BCUT2D eigenvalue weighted by atomic mass is 9.94. The molecule has 0 bridgehead atoms. The molecular formula is C28H31FN2O3. The van der Waals surface area contributed by atoms with Crippen molar-refractivity contribution in [2.45, 2.75) is 51.3 Å². The quantitative estimate of drug-likeness (QED) is 0.401. The first-order valence-corrected chi connectivity index (χ1v) is 11.8. The Labute approximate surface area is 200 Å². The van der Waals surface area contributed by atoms with Crippen LogP contribution in [0.5, 0.6) is 11.5 Å². The molecule has 1 fully saturated rings. The molecule has 0 unspecified atom stereocenters. The summed E-state index contributed by atoms with van der Waals surface area (Å²) >= 11 is 0. The van der Waals surface area contributed by atoms with Crippen LogP contribution in [0.3, 0.4) is 0 Å². The van der Waals surface area contributed by atoms with Crippen molar-refractivity contribution in [2.75, 3.05) is 12.4 Å². The third kappa shape index (κ3) is 6.28. The van der Waals surface area contributed by atoms with Crippen LogP contribution in [0.15, 0.2) is 72.8 Å². The molecule has 0 saturated heterocycles. The predicted octanol–water partition coefficient (Wildman–Crippen LogP) is 6.78. The summed E-state index contributed by atoms with van der Waals surface area (Å²) in [6.07, 6.45) is 5.31. The number of urea groups is 1. The van der Waals surface area contributed by atoms with Crippen LogP contribution < -0.4 is 14.8 Å². The Bertz CT molecular complexity index is 1080. The number of hydrogen-bond acceptors (Lipinski definition) is 3. The normalized spacial score (nSPS) is 13.8. The molecule has 1 aliphatic carbocycles. The fourth-order valence-corrected chi connectivity index (χ4v) is 4.39. The van der Waals surface area contributed by atoms with Gasteiger partial charge in [-0.15, -0.1) is 0 Å². The van der Waals surface area contributed by atoms with Gasteiger partial charge in [0.2, 0.25) is 0 Å². The maximum Gasteiger partial charge on any atom is 0.322 e. The van der Waals surface area contributed by atoms with Crippen LogP contribution in [-0.2, 0) is 13.2 Å². The predicted molar refractivity (Wildman–Crippen MR) is 132 cm³/mol. The zero-order valence-electron chi connectivity index (χ0n) is 19.5. The van der Waals surface area contributed by atoms with Crippen molar-refractivity contribution in [3.63, 3.8) is 0 Å². The summed E-state index contributed by atoms with van der Waals surface area (Å²) < 4.78 is 25.2. The molecule has 0 aromatic heterocycles. The van der Waals surface area contributed by atoms with Crippen molar-refractivity contribution >= 4 is 11.7 Å². The maximum atomic E-state index is 13.6. The Morgan fingerprint density at radius 3 is 2.47 bits per heavy atom. The lowest BCUT2D eigenvalue weighted by molar-refractivity contribution is 0.162. The second-order valence-corrected chi connectivity index (χ2v) is 8.62. The molecule has 3 aromatic carbocycles. The van der Waals surface area contributed by atoms with E-state index in [9.17, 15) is 9.18 Å². The molecule has 178 valence electrons. The molecular weight excluding hydrogens is 431 g/mol. The molecule has 0 heterocycles. The minimum absolute atomic E-state index is 0.137. The molecule has 1 saturated carbocycles. The summed E-state index contributed by atoms with van der Waals surface area (Å²) in [4.78, 5) is 15.2. The third-order valence-corrected chi connectivity index (χ3v) is 6.17. The molecule has 0 spiro atoms. The number of carbonyl (C=O) groups excluding carboxylic acids is 1. The van der Waals surface area contributed by atoms with Crippen LogP contribution in [0.2, 0.25) is 0 Å². The molecule has 0 radical (unpaired) electrons. The van der Waals surface area contributed by atoms with E-state index in [1.165, 1.54) is 18.6 Å². The first-order valence-electron chi connectivity index (χ1n) is 11.8. The maximum absolute atomic E-state index is 13.6.